The van der Waals surface area contributed by atoms with Gasteiger partial charge < -0.3 is 5.32 Å². The molecule has 5 nitrogen and oxygen atoms in total. The number of H-pyrrole nitrogens is 1. The Bertz CT molecular complexity index is 523. The monoisotopic (exact) mass is 284 g/mol. The van der Waals surface area contributed by atoms with E-state index in [1.54, 1.807) is 0 Å². The molecular weight excluding hydrogens is 272 g/mol. The lowest BCUT2D eigenvalue weighted by molar-refractivity contribution is 0.0957. The van der Waals surface area contributed by atoms with Crippen LogP contribution in [0.3, 0.4) is 0 Å². The fraction of sp³-hybridized carbons (Fsp3) is 0.364. The molecule has 2 aromatic rings. The lowest BCUT2D eigenvalue weighted by Gasteiger charge is -2.03. The summed E-state index contributed by atoms with van der Waals surface area (Å²) in [5.74, 6) is 0.713. The lowest BCUT2D eigenvalue weighted by atomic mass is 10.3. The number of carbonyl (C=O) groups excluding carboxylic acids is 1. The maximum Gasteiger partial charge on any atom is 0.262 e. The van der Waals surface area contributed by atoms with Crippen molar-refractivity contribution in [1.29, 1.82) is 0 Å². The minimum absolute atomic E-state index is 0.115. The summed E-state index contributed by atoms with van der Waals surface area (Å²) in [6.07, 6.45) is 3.04. The molecule has 0 unspecified atom stereocenters. The molecule has 0 atom stereocenters. The van der Waals surface area contributed by atoms with E-state index in [1.165, 1.54) is 17.7 Å². The molecule has 1 amide bonds. The van der Waals surface area contributed by atoms with E-state index in [1.807, 2.05) is 12.3 Å². The second-order valence-electron chi connectivity index (χ2n) is 3.85. The smallest absolute Gasteiger partial charge is 0.262 e. The number of hydrogen-bond acceptors (Lipinski definition) is 4. The first-order valence-electron chi connectivity index (χ1n) is 5.54. The molecule has 2 rings (SSSR count). The van der Waals surface area contributed by atoms with Gasteiger partial charge in [0.05, 0.1) is 5.02 Å². The van der Waals surface area contributed by atoms with Gasteiger partial charge in [-0.25, -0.2) is 4.98 Å². The van der Waals surface area contributed by atoms with Gasteiger partial charge in [-0.15, -0.1) is 11.3 Å². The third-order valence-corrected chi connectivity index (χ3v) is 4.14. The number of nitrogens with one attached hydrogen (secondary N) is 2. The largest absolute Gasteiger partial charge is 0.351 e. The van der Waals surface area contributed by atoms with Gasteiger partial charge in [0.15, 0.2) is 0 Å². The zero-order valence-corrected chi connectivity index (χ0v) is 11.4. The summed E-state index contributed by atoms with van der Waals surface area (Å²) < 4.78 is 0. The second-order valence-corrected chi connectivity index (χ2v) is 5.11. The summed E-state index contributed by atoms with van der Waals surface area (Å²) >= 11 is 7.39. The Morgan fingerprint density at radius 2 is 2.44 bits per heavy atom. The van der Waals surface area contributed by atoms with Gasteiger partial charge >= 0.3 is 0 Å². The summed E-state index contributed by atoms with van der Waals surface area (Å²) in [5, 5.41) is 11.8. The molecule has 7 heteroatoms. The van der Waals surface area contributed by atoms with Crippen LogP contribution in [0.4, 0.5) is 0 Å². The van der Waals surface area contributed by atoms with Gasteiger partial charge in [0.25, 0.3) is 5.91 Å². The Hall–Kier alpha value is -1.40. The number of hydrogen-bond donors (Lipinski definition) is 2. The Morgan fingerprint density at radius 3 is 3.06 bits per heavy atom. The van der Waals surface area contributed by atoms with Crippen molar-refractivity contribution in [2.24, 2.45) is 0 Å². The highest BCUT2D eigenvalue weighted by atomic mass is 35.5. The molecule has 18 heavy (non-hydrogen) atoms. The SMILES string of the molecule is Cc1csc(C(=O)NCCCc2ncn[nH]2)c1Cl. The number of rotatable bonds is 5. The van der Waals surface area contributed by atoms with Gasteiger partial charge in [0, 0.05) is 13.0 Å². The van der Waals surface area contributed by atoms with Crippen LogP contribution < -0.4 is 5.32 Å². The van der Waals surface area contributed by atoms with E-state index in [9.17, 15) is 4.79 Å². The molecule has 0 aliphatic rings. The highest BCUT2D eigenvalue weighted by molar-refractivity contribution is 7.13. The van der Waals surface area contributed by atoms with E-state index >= 15 is 0 Å². The van der Waals surface area contributed by atoms with Crippen LogP contribution in [-0.2, 0) is 6.42 Å². The van der Waals surface area contributed by atoms with Crippen LogP contribution in [0.5, 0.6) is 0 Å². The van der Waals surface area contributed by atoms with Gasteiger partial charge in [-0.3, -0.25) is 9.89 Å². The standard InChI is InChI=1S/C11H13ClN4OS/c1-7-5-18-10(9(7)12)11(17)13-4-2-3-8-14-6-15-16-8/h5-6H,2-4H2,1H3,(H,13,17)(H,14,15,16). The molecule has 0 bridgehead atoms. The van der Waals surface area contributed by atoms with Crippen LogP contribution in [0.25, 0.3) is 0 Å². The number of thiophene rings is 1. The molecule has 2 heterocycles. The molecule has 0 spiro atoms. The van der Waals surface area contributed by atoms with Crippen molar-refractivity contribution in [3.8, 4) is 0 Å². The third kappa shape index (κ3) is 3.08. The van der Waals surface area contributed by atoms with E-state index in [2.05, 4.69) is 20.5 Å². The van der Waals surface area contributed by atoms with Crippen molar-refractivity contribution in [3.63, 3.8) is 0 Å². The first-order valence-corrected chi connectivity index (χ1v) is 6.80. The molecule has 0 radical (unpaired) electrons. The second kappa shape index (κ2) is 5.97. The van der Waals surface area contributed by atoms with Crippen molar-refractivity contribution >= 4 is 28.8 Å². The number of aromatic nitrogens is 3. The van der Waals surface area contributed by atoms with E-state index in [0.717, 1.165) is 24.2 Å². The van der Waals surface area contributed by atoms with Crippen LogP contribution in [0.1, 0.15) is 27.5 Å². The summed E-state index contributed by atoms with van der Waals surface area (Å²) in [7, 11) is 0. The van der Waals surface area contributed by atoms with Crippen LogP contribution in [0.2, 0.25) is 5.02 Å². The van der Waals surface area contributed by atoms with Crippen LogP contribution >= 0.6 is 22.9 Å². The molecule has 0 fully saturated rings. The number of nitrogens with zero attached hydrogens (tertiary/aromatic N) is 2. The third-order valence-electron chi connectivity index (χ3n) is 2.45. The molecule has 0 saturated heterocycles. The topological polar surface area (TPSA) is 70.7 Å². The van der Waals surface area contributed by atoms with E-state index in [4.69, 9.17) is 11.6 Å². The Balaban J connectivity index is 1.77. The van der Waals surface area contributed by atoms with E-state index in [-0.39, 0.29) is 5.91 Å². The highest BCUT2D eigenvalue weighted by Gasteiger charge is 2.13. The molecular formula is C11H13ClN4OS. The van der Waals surface area contributed by atoms with Gasteiger partial charge in [-0.2, -0.15) is 5.10 Å². The number of aromatic amines is 1. The zero-order valence-electron chi connectivity index (χ0n) is 9.86. The average molecular weight is 285 g/mol. The predicted molar refractivity (Wildman–Crippen MR) is 71.1 cm³/mol. The van der Waals surface area contributed by atoms with Gasteiger partial charge in [0.2, 0.25) is 0 Å². The van der Waals surface area contributed by atoms with Crippen molar-refractivity contribution in [2.75, 3.05) is 6.54 Å². The van der Waals surface area contributed by atoms with E-state index in [0.29, 0.717) is 16.4 Å². The average Bonchev–Trinajstić information content (AvgIpc) is 2.97. The molecule has 0 saturated carbocycles. The van der Waals surface area contributed by atoms with E-state index < -0.39 is 0 Å². The van der Waals surface area contributed by atoms with Gasteiger partial charge in [-0.05, 0) is 24.3 Å². The summed E-state index contributed by atoms with van der Waals surface area (Å²) in [4.78, 5) is 16.4. The first-order chi connectivity index (χ1) is 8.68. The number of halogens is 1. The Labute approximate surface area is 114 Å². The first kappa shape index (κ1) is 13.0. The van der Waals surface area contributed by atoms with Crippen LogP contribution in [0, 0.1) is 6.92 Å². The highest BCUT2D eigenvalue weighted by Crippen LogP contribution is 2.26. The van der Waals surface area contributed by atoms with Crippen molar-refractivity contribution < 1.29 is 4.79 Å². The Morgan fingerprint density at radius 1 is 1.61 bits per heavy atom. The van der Waals surface area contributed by atoms with Gasteiger partial charge in [-0.1, -0.05) is 11.6 Å². The van der Waals surface area contributed by atoms with Crippen LogP contribution in [0.15, 0.2) is 11.7 Å². The van der Waals surface area contributed by atoms with Crippen molar-refractivity contribution in [3.05, 3.63) is 33.0 Å². The molecule has 2 N–H and O–H groups in total. The number of aryl methyl sites for hydroxylation is 2. The minimum atomic E-state index is -0.115. The lowest BCUT2D eigenvalue weighted by Crippen LogP contribution is -2.24. The normalized spacial score (nSPS) is 10.6. The maximum atomic E-state index is 11.8. The summed E-state index contributed by atoms with van der Waals surface area (Å²) in [5.41, 5.74) is 0.938. The van der Waals surface area contributed by atoms with Gasteiger partial charge in [0.1, 0.15) is 17.0 Å². The predicted octanol–water partition coefficient (Wildman–Crippen LogP) is 2.19. The molecule has 2 aromatic heterocycles. The summed E-state index contributed by atoms with van der Waals surface area (Å²) in [6.45, 7) is 2.48. The molecule has 0 aliphatic carbocycles. The Kier molecular flexibility index (Phi) is 4.33. The fourth-order valence-electron chi connectivity index (χ4n) is 1.47. The quantitative estimate of drug-likeness (QED) is 0.827. The number of amides is 1. The molecule has 0 aromatic carbocycles. The summed E-state index contributed by atoms with van der Waals surface area (Å²) in [6, 6.07) is 0. The molecule has 96 valence electrons. The minimum Gasteiger partial charge on any atom is -0.351 e. The van der Waals surface area contributed by atoms with Crippen molar-refractivity contribution in [2.45, 2.75) is 19.8 Å². The maximum absolute atomic E-state index is 11.8. The van der Waals surface area contributed by atoms with Crippen LogP contribution in [-0.4, -0.2) is 27.6 Å². The number of carbonyl (C=O) groups is 1. The molecule has 0 aliphatic heterocycles. The zero-order chi connectivity index (χ0) is 13.0. The van der Waals surface area contributed by atoms with Crippen molar-refractivity contribution in [1.82, 2.24) is 20.5 Å². The fourth-order valence-corrected chi connectivity index (χ4v) is 2.67.